The van der Waals surface area contributed by atoms with Crippen LogP contribution in [0, 0.1) is 17.7 Å². The molecule has 1 aliphatic carbocycles. The first kappa shape index (κ1) is 11.4. The van der Waals surface area contributed by atoms with Crippen molar-refractivity contribution in [2.24, 2.45) is 11.8 Å². The Kier molecular flexibility index (Phi) is 3.15. The Morgan fingerprint density at radius 2 is 2.31 bits per heavy atom. The Hall–Kier alpha value is -1.09. The third-order valence-corrected chi connectivity index (χ3v) is 3.19. The van der Waals surface area contributed by atoms with Crippen molar-refractivity contribution in [3.05, 3.63) is 34.6 Å². The van der Waals surface area contributed by atoms with Crippen molar-refractivity contribution in [3.8, 4) is 0 Å². The van der Waals surface area contributed by atoms with Crippen molar-refractivity contribution in [1.29, 1.82) is 0 Å². The van der Waals surface area contributed by atoms with Crippen molar-refractivity contribution in [2.45, 2.75) is 19.9 Å². The van der Waals surface area contributed by atoms with Gasteiger partial charge in [0.05, 0.1) is 5.02 Å². The zero-order chi connectivity index (χ0) is 11.7. The molecular formula is C12H13ClFNO. The number of rotatable bonds is 3. The van der Waals surface area contributed by atoms with Crippen LogP contribution in [0.3, 0.4) is 0 Å². The topological polar surface area (TPSA) is 29.1 Å². The van der Waals surface area contributed by atoms with Crippen LogP contribution < -0.4 is 5.32 Å². The van der Waals surface area contributed by atoms with Crippen LogP contribution in [0.4, 0.5) is 4.39 Å². The summed E-state index contributed by atoms with van der Waals surface area (Å²) in [4.78, 5) is 11.5. The van der Waals surface area contributed by atoms with E-state index in [1.54, 1.807) is 6.07 Å². The molecule has 1 N–H and O–H groups in total. The molecule has 16 heavy (non-hydrogen) atoms. The molecule has 1 saturated carbocycles. The number of carbonyl (C=O) groups is 1. The van der Waals surface area contributed by atoms with Gasteiger partial charge in [-0.1, -0.05) is 24.6 Å². The minimum absolute atomic E-state index is 0.0768. The van der Waals surface area contributed by atoms with E-state index in [4.69, 9.17) is 11.6 Å². The molecule has 0 aliphatic heterocycles. The van der Waals surface area contributed by atoms with E-state index < -0.39 is 5.82 Å². The smallest absolute Gasteiger partial charge is 0.223 e. The molecule has 2 unspecified atom stereocenters. The van der Waals surface area contributed by atoms with Gasteiger partial charge in [-0.2, -0.15) is 0 Å². The van der Waals surface area contributed by atoms with Gasteiger partial charge in [0.15, 0.2) is 0 Å². The van der Waals surface area contributed by atoms with E-state index in [9.17, 15) is 9.18 Å². The van der Waals surface area contributed by atoms with E-state index in [2.05, 4.69) is 12.2 Å². The summed E-state index contributed by atoms with van der Waals surface area (Å²) in [6.07, 6.45) is 0.968. The summed E-state index contributed by atoms with van der Waals surface area (Å²) in [7, 11) is 0. The van der Waals surface area contributed by atoms with Gasteiger partial charge in [0.25, 0.3) is 0 Å². The highest BCUT2D eigenvalue weighted by atomic mass is 35.5. The third-order valence-electron chi connectivity index (χ3n) is 2.90. The average molecular weight is 242 g/mol. The number of nitrogens with one attached hydrogen (secondary N) is 1. The van der Waals surface area contributed by atoms with Crippen LogP contribution in [0.2, 0.25) is 5.02 Å². The third kappa shape index (κ3) is 2.53. The predicted molar refractivity (Wildman–Crippen MR) is 60.5 cm³/mol. The zero-order valence-corrected chi connectivity index (χ0v) is 9.72. The second-order valence-corrected chi connectivity index (χ2v) is 4.69. The van der Waals surface area contributed by atoms with Crippen molar-refractivity contribution < 1.29 is 9.18 Å². The van der Waals surface area contributed by atoms with Crippen LogP contribution in [0.1, 0.15) is 18.9 Å². The first-order valence-electron chi connectivity index (χ1n) is 5.29. The SMILES string of the molecule is CC1CC1C(=O)NCc1ccc(F)c(Cl)c1. The Morgan fingerprint density at radius 3 is 2.88 bits per heavy atom. The van der Waals surface area contributed by atoms with Gasteiger partial charge in [-0.05, 0) is 30.0 Å². The fraction of sp³-hybridized carbons (Fsp3) is 0.417. The lowest BCUT2D eigenvalue weighted by molar-refractivity contribution is -0.122. The Balaban J connectivity index is 1.89. The number of amides is 1. The van der Waals surface area contributed by atoms with E-state index >= 15 is 0 Å². The van der Waals surface area contributed by atoms with Crippen molar-refractivity contribution >= 4 is 17.5 Å². The standard InChI is InChI=1S/C12H13ClFNO/c1-7-4-9(7)12(16)15-6-8-2-3-11(14)10(13)5-8/h2-3,5,7,9H,4,6H2,1H3,(H,15,16). The van der Waals surface area contributed by atoms with Crippen LogP contribution in [0.5, 0.6) is 0 Å². The zero-order valence-electron chi connectivity index (χ0n) is 8.97. The molecule has 0 radical (unpaired) electrons. The minimum atomic E-state index is -0.437. The van der Waals surface area contributed by atoms with Gasteiger partial charge in [-0.25, -0.2) is 4.39 Å². The molecule has 86 valence electrons. The molecule has 4 heteroatoms. The van der Waals surface area contributed by atoms with Crippen LogP contribution in [-0.2, 0) is 11.3 Å². The van der Waals surface area contributed by atoms with E-state index in [1.165, 1.54) is 12.1 Å². The summed E-state index contributed by atoms with van der Waals surface area (Å²) >= 11 is 5.64. The monoisotopic (exact) mass is 241 g/mol. The highest BCUT2D eigenvalue weighted by Gasteiger charge is 2.38. The molecule has 0 heterocycles. The second kappa shape index (κ2) is 4.42. The first-order valence-corrected chi connectivity index (χ1v) is 5.67. The molecule has 0 aromatic heterocycles. The lowest BCUT2D eigenvalue weighted by Gasteiger charge is -2.05. The summed E-state index contributed by atoms with van der Waals surface area (Å²) in [5, 5.41) is 2.91. The van der Waals surface area contributed by atoms with E-state index in [1.807, 2.05) is 0 Å². The molecule has 1 aromatic rings. The number of halogens is 2. The molecule has 1 amide bonds. The number of hydrogen-bond donors (Lipinski definition) is 1. The second-order valence-electron chi connectivity index (χ2n) is 4.29. The molecule has 0 spiro atoms. The summed E-state index contributed by atoms with van der Waals surface area (Å²) in [6, 6.07) is 4.47. The summed E-state index contributed by atoms with van der Waals surface area (Å²) in [6.45, 7) is 2.46. The summed E-state index contributed by atoms with van der Waals surface area (Å²) in [5.41, 5.74) is 0.813. The molecule has 2 atom stereocenters. The minimum Gasteiger partial charge on any atom is -0.352 e. The van der Waals surface area contributed by atoms with Crippen molar-refractivity contribution in [3.63, 3.8) is 0 Å². The quantitative estimate of drug-likeness (QED) is 0.866. The van der Waals surface area contributed by atoms with Gasteiger partial charge < -0.3 is 5.32 Å². The lowest BCUT2D eigenvalue weighted by atomic mass is 10.2. The normalized spacial score (nSPS) is 22.9. The first-order chi connectivity index (χ1) is 7.58. The maximum absolute atomic E-state index is 12.9. The molecule has 1 aromatic carbocycles. The van der Waals surface area contributed by atoms with E-state index in [0.29, 0.717) is 12.5 Å². The molecule has 2 nitrogen and oxygen atoms in total. The van der Waals surface area contributed by atoms with Crippen LogP contribution in [0.25, 0.3) is 0 Å². The number of benzene rings is 1. The maximum Gasteiger partial charge on any atom is 0.223 e. The van der Waals surface area contributed by atoms with Crippen LogP contribution in [-0.4, -0.2) is 5.91 Å². The van der Waals surface area contributed by atoms with Gasteiger partial charge in [0.2, 0.25) is 5.91 Å². The Bertz CT molecular complexity index is 421. The van der Waals surface area contributed by atoms with Crippen LogP contribution >= 0.6 is 11.6 Å². The molecule has 1 fully saturated rings. The average Bonchev–Trinajstić information content (AvgIpc) is 2.97. The molecule has 0 saturated heterocycles. The summed E-state index contributed by atoms with van der Waals surface area (Å²) in [5.74, 6) is 0.299. The van der Waals surface area contributed by atoms with Crippen molar-refractivity contribution in [1.82, 2.24) is 5.32 Å². The number of carbonyl (C=O) groups excluding carboxylic acids is 1. The van der Waals surface area contributed by atoms with Gasteiger partial charge in [0.1, 0.15) is 5.82 Å². The van der Waals surface area contributed by atoms with E-state index in [0.717, 1.165) is 12.0 Å². The fourth-order valence-corrected chi connectivity index (χ4v) is 1.86. The van der Waals surface area contributed by atoms with Gasteiger partial charge in [0, 0.05) is 12.5 Å². The van der Waals surface area contributed by atoms with Gasteiger partial charge in [-0.15, -0.1) is 0 Å². The predicted octanol–water partition coefficient (Wildman–Crippen LogP) is 2.75. The Labute approximate surface area is 98.8 Å². The fourth-order valence-electron chi connectivity index (χ4n) is 1.66. The highest BCUT2D eigenvalue weighted by molar-refractivity contribution is 6.30. The van der Waals surface area contributed by atoms with Crippen molar-refractivity contribution in [2.75, 3.05) is 0 Å². The molecule has 2 rings (SSSR count). The van der Waals surface area contributed by atoms with Gasteiger partial charge in [-0.3, -0.25) is 4.79 Å². The van der Waals surface area contributed by atoms with Gasteiger partial charge >= 0.3 is 0 Å². The Morgan fingerprint density at radius 1 is 1.62 bits per heavy atom. The summed E-state index contributed by atoms with van der Waals surface area (Å²) < 4.78 is 12.9. The highest BCUT2D eigenvalue weighted by Crippen LogP contribution is 2.37. The van der Waals surface area contributed by atoms with Crippen LogP contribution in [0.15, 0.2) is 18.2 Å². The molecule has 1 aliphatic rings. The molecular weight excluding hydrogens is 229 g/mol. The van der Waals surface area contributed by atoms with E-state index in [-0.39, 0.29) is 16.8 Å². The largest absolute Gasteiger partial charge is 0.352 e. The lowest BCUT2D eigenvalue weighted by Crippen LogP contribution is -2.24. The molecule has 0 bridgehead atoms. The maximum atomic E-state index is 12.9. The number of hydrogen-bond acceptors (Lipinski definition) is 1.